The first kappa shape index (κ1) is 19.2. The zero-order valence-electron chi connectivity index (χ0n) is 18.1. The summed E-state index contributed by atoms with van der Waals surface area (Å²) in [6.45, 7) is 6.02. The lowest BCUT2D eigenvalue weighted by Crippen LogP contribution is -2.34. The van der Waals surface area contributed by atoms with E-state index in [1.165, 1.54) is 23.3 Å². The van der Waals surface area contributed by atoms with Gasteiger partial charge in [0.15, 0.2) is 0 Å². The second-order valence-electron chi connectivity index (χ2n) is 9.25. The molecule has 32 heavy (non-hydrogen) atoms. The Morgan fingerprint density at radius 1 is 1.09 bits per heavy atom. The molecule has 6 rings (SSSR count). The van der Waals surface area contributed by atoms with Gasteiger partial charge in [0.2, 0.25) is 0 Å². The van der Waals surface area contributed by atoms with Gasteiger partial charge in [0.05, 0.1) is 17.4 Å². The summed E-state index contributed by atoms with van der Waals surface area (Å²) in [4.78, 5) is 15.1. The lowest BCUT2D eigenvalue weighted by Gasteiger charge is -2.24. The van der Waals surface area contributed by atoms with E-state index in [0.717, 1.165) is 35.2 Å². The van der Waals surface area contributed by atoms with Gasteiger partial charge in [-0.05, 0) is 78.4 Å². The highest BCUT2D eigenvalue weighted by molar-refractivity contribution is 5.95. The molecule has 3 aromatic carbocycles. The van der Waals surface area contributed by atoms with Crippen LogP contribution >= 0.6 is 0 Å². The van der Waals surface area contributed by atoms with Crippen molar-refractivity contribution in [3.8, 4) is 5.69 Å². The number of amides is 1. The molecule has 2 heterocycles. The lowest BCUT2D eigenvalue weighted by molar-refractivity contribution is 0.0765. The molecule has 2 fully saturated rings. The molecule has 0 bridgehead atoms. The maximum Gasteiger partial charge on any atom is 0.253 e. The number of carbonyl (C=O) groups is 1. The number of benzene rings is 3. The van der Waals surface area contributed by atoms with Crippen molar-refractivity contribution < 1.29 is 9.18 Å². The Kier molecular flexibility index (Phi) is 4.06. The molecule has 5 heteroatoms. The van der Waals surface area contributed by atoms with Crippen molar-refractivity contribution in [2.45, 2.75) is 19.3 Å². The number of piperidine rings is 1. The van der Waals surface area contributed by atoms with E-state index in [0.29, 0.717) is 11.8 Å². The zero-order chi connectivity index (χ0) is 22.0. The molecule has 1 aliphatic heterocycles. The fourth-order valence-corrected chi connectivity index (χ4v) is 5.84. The number of hydrogen-bond acceptors (Lipinski definition) is 2. The minimum Gasteiger partial charge on any atom is -0.337 e. The quantitative estimate of drug-likeness (QED) is 0.456. The zero-order valence-corrected chi connectivity index (χ0v) is 18.1. The normalized spacial score (nSPS) is 24.0. The van der Waals surface area contributed by atoms with E-state index < -0.39 is 0 Å². The molecule has 1 amide bonds. The molecule has 0 radical (unpaired) electrons. The van der Waals surface area contributed by atoms with Crippen LogP contribution in [0.5, 0.6) is 0 Å². The van der Waals surface area contributed by atoms with Gasteiger partial charge in [-0.3, -0.25) is 4.79 Å². The van der Waals surface area contributed by atoms with E-state index >= 15 is 0 Å². The lowest BCUT2D eigenvalue weighted by atomic mass is 9.88. The van der Waals surface area contributed by atoms with Crippen LogP contribution in [0, 0.1) is 24.6 Å². The minimum absolute atomic E-state index is 0.0146. The Balaban J connectivity index is 1.36. The molecule has 2 aliphatic rings. The molecular formula is C27H24FN3O. The molecule has 4 nitrogen and oxygen atoms in total. The topological polar surface area (TPSA) is 38.1 Å². The van der Waals surface area contributed by atoms with Crippen LogP contribution in [0.4, 0.5) is 4.39 Å². The molecule has 4 aromatic rings. The third-order valence-electron chi connectivity index (χ3n) is 7.63. The average Bonchev–Trinajstić information content (AvgIpc) is 3.16. The molecule has 1 saturated carbocycles. The molecule has 1 aromatic heterocycles. The van der Waals surface area contributed by atoms with Gasteiger partial charge in [-0.25, -0.2) is 9.07 Å². The summed E-state index contributed by atoms with van der Waals surface area (Å²) in [6.07, 6.45) is 1.88. The molecule has 1 saturated heterocycles. The van der Waals surface area contributed by atoms with E-state index in [4.69, 9.17) is 0 Å². The van der Waals surface area contributed by atoms with Gasteiger partial charge in [-0.2, -0.15) is 5.10 Å². The summed E-state index contributed by atoms with van der Waals surface area (Å²) in [6, 6.07) is 20.4. The van der Waals surface area contributed by atoms with Crippen molar-refractivity contribution in [1.82, 2.24) is 14.7 Å². The maximum atomic E-state index is 13.4. The van der Waals surface area contributed by atoms with E-state index in [-0.39, 0.29) is 17.1 Å². The number of halogens is 1. The molecule has 0 N–H and O–H groups in total. The largest absolute Gasteiger partial charge is 0.337 e. The number of aromatic nitrogens is 2. The summed E-state index contributed by atoms with van der Waals surface area (Å²) in [7, 11) is 0. The molecule has 160 valence electrons. The van der Waals surface area contributed by atoms with Gasteiger partial charge in [0, 0.05) is 29.5 Å². The summed E-state index contributed by atoms with van der Waals surface area (Å²) < 4.78 is 15.2. The summed E-state index contributed by atoms with van der Waals surface area (Å²) in [5, 5.41) is 5.64. The predicted octanol–water partition coefficient (Wildman–Crippen LogP) is 5.13. The number of hydrogen-bond donors (Lipinski definition) is 0. The SMILES string of the molecule is Cc1cc2c(cnn2-c2ccc(F)cc2)cc1[C@@]12CN(C(=O)c3ccccc3)C[C@@H]1[C@H]2C. The first-order valence-electron chi connectivity index (χ1n) is 11.1. The Labute approximate surface area is 186 Å². The van der Waals surface area contributed by atoms with Crippen LogP contribution in [-0.2, 0) is 5.41 Å². The summed E-state index contributed by atoms with van der Waals surface area (Å²) >= 11 is 0. The second-order valence-corrected chi connectivity index (χ2v) is 9.25. The molecule has 3 atom stereocenters. The molecule has 0 unspecified atom stereocenters. The summed E-state index contributed by atoms with van der Waals surface area (Å²) in [5.41, 5.74) is 5.15. The Morgan fingerprint density at radius 2 is 1.84 bits per heavy atom. The standard InChI is InChI=1S/C27H24FN3O/c1-17-12-25-20(14-29-31(25)22-10-8-21(28)9-11-22)13-23(17)27-16-30(15-24(27)18(27)2)26(32)19-6-4-3-5-7-19/h3-14,18,24H,15-16H2,1-2H3/t18-,24-,27+/m1/s1. The van der Waals surface area contributed by atoms with Crippen molar-refractivity contribution in [3.05, 3.63) is 95.4 Å². The Morgan fingerprint density at radius 3 is 2.59 bits per heavy atom. The third-order valence-corrected chi connectivity index (χ3v) is 7.63. The van der Waals surface area contributed by atoms with Crippen LogP contribution in [0.15, 0.2) is 72.9 Å². The van der Waals surface area contributed by atoms with Gasteiger partial charge in [-0.15, -0.1) is 0 Å². The first-order chi connectivity index (χ1) is 15.5. The van der Waals surface area contributed by atoms with Gasteiger partial charge >= 0.3 is 0 Å². The van der Waals surface area contributed by atoms with Gasteiger partial charge < -0.3 is 4.90 Å². The molecule has 1 aliphatic carbocycles. The third kappa shape index (κ3) is 2.67. The van der Waals surface area contributed by atoms with Crippen molar-refractivity contribution >= 4 is 16.8 Å². The van der Waals surface area contributed by atoms with Gasteiger partial charge in [0.1, 0.15) is 5.82 Å². The van der Waals surface area contributed by atoms with Crippen LogP contribution in [0.1, 0.15) is 28.4 Å². The number of rotatable bonds is 3. The van der Waals surface area contributed by atoms with Crippen LogP contribution in [0.3, 0.4) is 0 Å². The Bertz CT molecular complexity index is 1340. The van der Waals surface area contributed by atoms with E-state index in [1.54, 1.807) is 12.1 Å². The number of aryl methyl sites for hydroxylation is 1. The van der Waals surface area contributed by atoms with Crippen LogP contribution < -0.4 is 0 Å². The maximum absolute atomic E-state index is 13.4. The molecule has 0 spiro atoms. The monoisotopic (exact) mass is 425 g/mol. The number of nitrogens with zero attached hydrogens (tertiary/aromatic N) is 3. The van der Waals surface area contributed by atoms with Crippen LogP contribution in [-0.4, -0.2) is 33.7 Å². The fraction of sp³-hybridized carbons (Fsp3) is 0.259. The highest BCUT2D eigenvalue weighted by Gasteiger charge is 2.68. The average molecular weight is 426 g/mol. The highest BCUT2D eigenvalue weighted by atomic mass is 19.1. The summed E-state index contributed by atoms with van der Waals surface area (Å²) in [5.74, 6) is 0.892. The smallest absolute Gasteiger partial charge is 0.253 e. The second kappa shape index (κ2) is 6.76. The Hall–Kier alpha value is -3.47. The number of likely N-dealkylation sites (tertiary alicyclic amines) is 1. The molecular weight excluding hydrogens is 401 g/mol. The van der Waals surface area contributed by atoms with Gasteiger partial charge in [-0.1, -0.05) is 25.1 Å². The highest BCUT2D eigenvalue weighted by Crippen LogP contribution is 2.64. The van der Waals surface area contributed by atoms with Crippen molar-refractivity contribution in [1.29, 1.82) is 0 Å². The van der Waals surface area contributed by atoms with Crippen molar-refractivity contribution in [3.63, 3.8) is 0 Å². The fourth-order valence-electron chi connectivity index (χ4n) is 5.84. The van der Waals surface area contributed by atoms with E-state index in [1.807, 2.05) is 46.1 Å². The predicted molar refractivity (Wildman–Crippen MR) is 122 cm³/mol. The van der Waals surface area contributed by atoms with Gasteiger partial charge in [0.25, 0.3) is 5.91 Å². The first-order valence-corrected chi connectivity index (χ1v) is 11.1. The van der Waals surface area contributed by atoms with Crippen molar-refractivity contribution in [2.24, 2.45) is 11.8 Å². The van der Waals surface area contributed by atoms with E-state index in [2.05, 4.69) is 31.1 Å². The van der Waals surface area contributed by atoms with E-state index in [9.17, 15) is 9.18 Å². The van der Waals surface area contributed by atoms with Crippen molar-refractivity contribution in [2.75, 3.05) is 13.1 Å². The van der Waals surface area contributed by atoms with Crippen LogP contribution in [0.2, 0.25) is 0 Å². The number of carbonyl (C=O) groups excluding carboxylic acids is 1. The van der Waals surface area contributed by atoms with Crippen LogP contribution in [0.25, 0.3) is 16.6 Å². The minimum atomic E-state index is -0.257. The number of fused-ring (bicyclic) bond motifs is 2.